The maximum absolute atomic E-state index is 12.1. The summed E-state index contributed by atoms with van der Waals surface area (Å²) in [7, 11) is 0. The standard InChI is InChI=1S/C14H17N3O2/c1-9-16-12-5-4-10(7-13(12)17-9)14(18)15-8-11-3-2-6-19-11/h2-3,6,10H,4-5,7-8H2,1H3,(H,15,18)(H,16,17). The van der Waals surface area contributed by atoms with Gasteiger partial charge in [-0.3, -0.25) is 4.79 Å². The number of hydrogen-bond acceptors (Lipinski definition) is 3. The molecule has 100 valence electrons. The van der Waals surface area contributed by atoms with Gasteiger partial charge in [0.2, 0.25) is 5.91 Å². The molecule has 2 aromatic rings. The summed E-state index contributed by atoms with van der Waals surface area (Å²) in [5, 5.41) is 2.93. The predicted octanol–water partition coefficient (Wildman–Crippen LogP) is 1.73. The third-order valence-electron chi connectivity index (χ3n) is 3.55. The molecule has 5 nitrogen and oxygen atoms in total. The Morgan fingerprint density at radius 1 is 1.63 bits per heavy atom. The number of nitrogens with zero attached hydrogens (tertiary/aromatic N) is 1. The zero-order valence-corrected chi connectivity index (χ0v) is 10.9. The number of furan rings is 1. The number of amides is 1. The van der Waals surface area contributed by atoms with Crippen LogP contribution in [0.2, 0.25) is 0 Å². The fourth-order valence-electron chi connectivity index (χ4n) is 2.58. The normalized spacial score (nSPS) is 18.1. The Hall–Kier alpha value is -2.04. The van der Waals surface area contributed by atoms with E-state index in [1.165, 1.54) is 0 Å². The van der Waals surface area contributed by atoms with E-state index in [4.69, 9.17) is 4.42 Å². The zero-order chi connectivity index (χ0) is 13.2. The van der Waals surface area contributed by atoms with Crippen LogP contribution in [0.1, 0.15) is 29.4 Å². The second kappa shape index (κ2) is 4.91. The van der Waals surface area contributed by atoms with Crippen LogP contribution in [-0.2, 0) is 24.2 Å². The number of carbonyl (C=O) groups is 1. The fraction of sp³-hybridized carbons (Fsp3) is 0.429. The third kappa shape index (κ3) is 2.54. The van der Waals surface area contributed by atoms with Crippen molar-refractivity contribution in [1.29, 1.82) is 0 Å². The van der Waals surface area contributed by atoms with E-state index in [1.54, 1.807) is 6.26 Å². The minimum atomic E-state index is 0.0299. The second-order valence-corrected chi connectivity index (χ2v) is 4.98. The van der Waals surface area contributed by atoms with Gasteiger partial charge in [0.1, 0.15) is 11.6 Å². The summed E-state index contributed by atoms with van der Waals surface area (Å²) >= 11 is 0. The van der Waals surface area contributed by atoms with Crippen molar-refractivity contribution in [2.75, 3.05) is 0 Å². The van der Waals surface area contributed by atoms with E-state index in [9.17, 15) is 4.79 Å². The van der Waals surface area contributed by atoms with Gasteiger partial charge in [0, 0.05) is 18.0 Å². The van der Waals surface area contributed by atoms with Crippen LogP contribution in [0.15, 0.2) is 22.8 Å². The molecule has 0 saturated heterocycles. The zero-order valence-electron chi connectivity index (χ0n) is 10.9. The van der Waals surface area contributed by atoms with Gasteiger partial charge in [0.05, 0.1) is 18.5 Å². The number of carbonyl (C=O) groups excluding carboxylic acids is 1. The number of hydrogen-bond donors (Lipinski definition) is 2. The molecule has 3 rings (SSSR count). The highest BCUT2D eigenvalue weighted by molar-refractivity contribution is 5.79. The molecule has 1 aliphatic carbocycles. The molecule has 0 bridgehead atoms. The van der Waals surface area contributed by atoms with Crippen molar-refractivity contribution in [3.05, 3.63) is 41.4 Å². The maximum Gasteiger partial charge on any atom is 0.223 e. The molecule has 0 fully saturated rings. The number of imidazole rings is 1. The Labute approximate surface area is 111 Å². The van der Waals surface area contributed by atoms with Crippen LogP contribution in [0.25, 0.3) is 0 Å². The third-order valence-corrected chi connectivity index (χ3v) is 3.55. The first-order chi connectivity index (χ1) is 9.22. The molecule has 0 saturated carbocycles. The van der Waals surface area contributed by atoms with Gasteiger partial charge in [-0.1, -0.05) is 0 Å². The van der Waals surface area contributed by atoms with Crippen LogP contribution in [0.3, 0.4) is 0 Å². The molecule has 1 atom stereocenters. The minimum Gasteiger partial charge on any atom is -0.467 e. The SMILES string of the molecule is Cc1nc2c([nH]1)CC(C(=O)NCc1ccco1)CC2. The van der Waals surface area contributed by atoms with E-state index >= 15 is 0 Å². The lowest BCUT2D eigenvalue weighted by atomic mass is 9.89. The molecule has 0 aromatic carbocycles. The van der Waals surface area contributed by atoms with E-state index in [2.05, 4.69) is 15.3 Å². The summed E-state index contributed by atoms with van der Waals surface area (Å²) in [6, 6.07) is 3.68. The lowest BCUT2D eigenvalue weighted by Crippen LogP contribution is -2.33. The molecule has 1 aliphatic rings. The van der Waals surface area contributed by atoms with Gasteiger partial charge in [0.25, 0.3) is 0 Å². The van der Waals surface area contributed by atoms with Crippen molar-refractivity contribution in [2.24, 2.45) is 5.92 Å². The molecule has 2 N–H and O–H groups in total. The number of rotatable bonds is 3. The van der Waals surface area contributed by atoms with Crippen molar-refractivity contribution in [3.8, 4) is 0 Å². The van der Waals surface area contributed by atoms with E-state index in [0.29, 0.717) is 6.54 Å². The summed E-state index contributed by atoms with van der Waals surface area (Å²) in [6.45, 7) is 2.40. The first-order valence-electron chi connectivity index (χ1n) is 6.57. The predicted molar refractivity (Wildman–Crippen MR) is 69.4 cm³/mol. The van der Waals surface area contributed by atoms with E-state index in [1.807, 2.05) is 19.1 Å². The molecule has 0 aliphatic heterocycles. The van der Waals surface area contributed by atoms with Crippen LogP contribution in [0.4, 0.5) is 0 Å². The van der Waals surface area contributed by atoms with Crippen LogP contribution in [0.5, 0.6) is 0 Å². The minimum absolute atomic E-state index is 0.0299. The van der Waals surface area contributed by atoms with Crippen LogP contribution in [0, 0.1) is 12.8 Å². The van der Waals surface area contributed by atoms with Gasteiger partial charge >= 0.3 is 0 Å². The number of fused-ring (bicyclic) bond motifs is 1. The fourth-order valence-corrected chi connectivity index (χ4v) is 2.58. The first kappa shape index (κ1) is 12.0. The number of aryl methyl sites for hydroxylation is 2. The smallest absolute Gasteiger partial charge is 0.223 e. The Balaban J connectivity index is 1.59. The maximum atomic E-state index is 12.1. The Morgan fingerprint density at radius 3 is 3.32 bits per heavy atom. The first-order valence-corrected chi connectivity index (χ1v) is 6.57. The second-order valence-electron chi connectivity index (χ2n) is 4.98. The number of aromatic nitrogens is 2. The molecule has 2 aromatic heterocycles. The summed E-state index contributed by atoms with van der Waals surface area (Å²) in [4.78, 5) is 19.8. The molecular weight excluding hydrogens is 242 g/mol. The quantitative estimate of drug-likeness (QED) is 0.881. The van der Waals surface area contributed by atoms with Gasteiger partial charge in [-0.2, -0.15) is 0 Å². The van der Waals surface area contributed by atoms with E-state index in [-0.39, 0.29) is 11.8 Å². The molecule has 2 heterocycles. The molecule has 5 heteroatoms. The number of H-pyrrole nitrogens is 1. The highest BCUT2D eigenvalue weighted by Gasteiger charge is 2.26. The van der Waals surface area contributed by atoms with Gasteiger partial charge in [0.15, 0.2) is 0 Å². The Morgan fingerprint density at radius 2 is 2.53 bits per heavy atom. The molecule has 0 spiro atoms. The van der Waals surface area contributed by atoms with Crippen molar-refractivity contribution in [3.63, 3.8) is 0 Å². The summed E-state index contributed by atoms with van der Waals surface area (Å²) in [6.07, 6.45) is 4.10. The van der Waals surface area contributed by atoms with Crippen LogP contribution < -0.4 is 5.32 Å². The highest BCUT2D eigenvalue weighted by Crippen LogP contribution is 2.24. The summed E-state index contributed by atoms with van der Waals surface area (Å²) < 4.78 is 5.20. The lowest BCUT2D eigenvalue weighted by Gasteiger charge is -2.20. The number of aromatic amines is 1. The lowest BCUT2D eigenvalue weighted by molar-refractivity contribution is -0.125. The van der Waals surface area contributed by atoms with Gasteiger partial charge in [-0.05, 0) is 31.9 Å². The largest absolute Gasteiger partial charge is 0.467 e. The van der Waals surface area contributed by atoms with Gasteiger partial charge in [-0.15, -0.1) is 0 Å². The van der Waals surface area contributed by atoms with E-state index < -0.39 is 0 Å². The Bertz CT molecular complexity index is 572. The van der Waals surface area contributed by atoms with Crippen molar-refractivity contribution in [1.82, 2.24) is 15.3 Å². The summed E-state index contributed by atoms with van der Waals surface area (Å²) in [5.41, 5.74) is 2.23. The molecule has 0 radical (unpaired) electrons. The summed E-state index contributed by atoms with van der Waals surface area (Å²) in [5.74, 6) is 1.83. The molecular formula is C14H17N3O2. The van der Waals surface area contributed by atoms with Crippen molar-refractivity contribution in [2.45, 2.75) is 32.7 Å². The molecule has 19 heavy (non-hydrogen) atoms. The monoisotopic (exact) mass is 259 g/mol. The van der Waals surface area contributed by atoms with Crippen molar-refractivity contribution < 1.29 is 9.21 Å². The topological polar surface area (TPSA) is 70.9 Å². The van der Waals surface area contributed by atoms with Gasteiger partial charge in [-0.25, -0.2) is 4.98 Å². The average molecular weight is 259 g/mol. The Kier molecular flexibility index (Phi) is 3.11. The van der Waals surface area contributed by atoms with Crippen LogP contribution >= 0.6 is 0 Å². The van der Waals surface area contributed by atoms with E-state index in [0.717, 1.165) is 42.2 Å². The number of nitrogens with one attached hydrogen (secondary N) is 2. The molecule has 1 unspecified atom stereocenters. The van der Waals surface area contributed by atoms with Crippen molar-refractivity contribution >= 4 is 5.91 Å². The van der Waals surface area contributed by atoms with Crippen LogP contribution in [-0.4, -0.2) is 15.9 Å². The average Bonchev–Trinajstić information content (AvgIpc) is 3.02. The van der Waals surface area contributed by atoms with Gasteiger partial charge < -0.3 is 14.7 Å². The molecule has 1 amide bonds. The highest BCUT2D eigenvalue weighted by atomic mass is 16.3.